The number of hydrogen-bond donors (Lipinski definition) is 1. The second-order valence-electron chi connectivity index (χ2n) is 7.01. The summed E-state index contributed by atoms with van der Waals surface area (Å²) in [6.07, 6.45) is 1.66. The highest BCUT2D eigenvalue weighted by Crippen LogP contribution is 2.27. The molecule has 3 rings (SSSR count). The molecule has 160 valence electrons. The number of ether oxygens (including phenoxy) is 1. The van der Waals surface area contributed by atoms with Crippen molar-refractivity contribution >= 4 is 29.7 Å². The lowest BCUT2D eigenvalue weighted by molar-refractivity contribution is -0.120. The van der Waals surface area contributed by atoms with Crippen molar-refractivity contribution in [1.29, 1.82) is 0 Å². The molecule has 6 nitrogen and oxygen atoms in total. The molecule has 1 N–H and O–H groups in total. The van der Waals surface area contributed by atoms with Gasteiger partial charge in [-0.05, 0) is 67.8 Å². The average Bonchev–Trinajstić information content (AvgIpc) is 3.20. The van der Waals surface area contributed by atoms with E-state index in [2.05, 4.69) is 10.5 Å². The van der Waals surface area contributed by atoms with Gasteiger partial charge in [-0.15, -0.1) is 0 Å². The van der Waals surface area contributed by atoms with Crippen LogP contribution in [0.5, 0.6) is 0 Å². The number of esters is 1. The minimum atomic E-state index is -0.492. The number of rotatable bonds is 7. The maximum atomic E-state index is 12.1. The Balaban J connectivity index is 1.63. The lowest BCUT2D eigenvalue weighted by Gasteiger charge is -2.05. The molecule has 0 aliphatic rings. The van der Waals surface area contributed by atoms with Gasteiger partial charge in [-0.3, -0.25) is 4.79 Å². The van der Waals surface area contributed by atoms with E-state index in [-0.39, 0.29) is 24.5 Å². The Morgan fingerprint density at radius 3 is 2.65 bits per heavy atom. The molecule has 1 aromatic heterocycles. The Hall–Kier alpha value is -3.38. The SMILES string of the molecule is CCOC(=O)c1cc(-c2ccc(/C=N/NC(=O)Cc3ccc(C)c(C)c3)o2)ccc1Cl. The maximum absolute atomic E-state index is 12.1. The molecule has 0 saturated carbocycles. The molecule has 7 heteroatoms. The normalized spacial score (nSPS) is 11.0. The van der Waals surface area contributed by atoms with Crippen LogP contribution < -0.4 is 5.43 Å². The molecule has 31 heavy (non-hydrogen) atoms. The Kier molecular flexibility index (Phi) is 7.26. The quantitative estimate of drug-likeness (QED) is 0.316. The van der Waals surface area contributed by atoms with E-state index in [0.717, 1.165) is 11.1 Å². The van der Waals surface area contributed by atoms with Crippen LogP contribution >= 0.6 is 11.6 Å². The molecule has 0 saturated heterocycles. The van der Waals surface area contributed by atoms with Gasteiger partial charge in [0.05, 0.1) is 29.8 Å². The third-order valence-electron chi connectivity index (χ3n) is 4.69. The molecular formula is C24H23ClN2O4. The van der Waals surface area contributed by atoms with E-state index in [1.54, 1.807) is 37.3 Å². The summed E-state index contributed by atoms with van der Waals surface area (Å²) in [5.74, 6) is 0.275. The summed E-state index contributed by atoms with van der Waals surface area (Å²) in [6, 6.07) is 14.4. The Morgan fingerprint density at radius 1 is 1.10 bits per heavy atom. The van der Waals surface area contributed by atoms with Gasteiger partial charge in [-0.1, -0.05) is 29.8 Å². The van der Waals surface area contributed by atoms with E-state index >= 15 is 0 Å². The van der Waals surface area contributed by atoms with Gasteiger partial charge in [0.1, 0.15) is 11.5 Å². The summed E-state index contributed by atoms with van der Waals surface area (Å²) < 4.78 is 10.8. The summed E-state index contributed by atoms with van der Waals surface area (Å²) in [7, 11) is 0. The summed E-state index contributed by atoms with van der Waals surface area (Å²) in [6.45, 7) is 6.03. The molecule has 3 aromatic rings. The predicted octanol–water partition coefficient (Wildman–Crippen LogP) is 5.09. The third-order valence-corrected chi connectivity index (χ3v) is 5.02. The predicted molar refractivity (Wildman–Crippen MR) is 120 cm³/mol. The zero-order valence-corrected chi connectivity index (χ0v) is 18.3. The van der Waals surface area contributed by atoms with Crippen molar-refractivity contribution in [2.24, 2.45) is 5.10 Å². The molecule has 0 spiro atoms. The van der Waals surface area contributed by atoms with Crippen LogP contribution in [0.3, 0.4) is 0 Å². The first kappa shape index (κ1) is 22.3. The number of nitrogens with zero attached hydrogens (tertiary/aromatic N) is 1. The minimum absolute atomic E-state index is 0.219. The minimum Gasteiger partial charge on any atom is -0.462 e. The Morgan fingerprint density at radius 2 is 1.90 bits per heavy atom. The van der Waals surface area contributed by atoms with Crippen molar-refractivity contribution in [3.05, 3.63) is 81.6 Å². The largest absolute Gasteiger partial charge is 0.462 e. The fraction of sp³-hybridized carbons (Fsp3) is 0.208. The summed E-state index contributed by atoms with van der Waals surface area (Å²) in [5.41, 5.74) is 6.70. The fourth-order valence-corrected chi connectivity index (χ4v) is 3.12. The number of carbonyl (C=O) groups excluding carboxylic acids is 2. The monoisotopic (exact) mass is 438 g/mol. The summed E-state index contributed by atoms with van der Waals surface area (Å²) >= 11 is 6.10. The molecule has 0 unspecified atom stereocenters. The molecular weight excluding hydrogens is 416 g/mol. The highest BCUT2D eigenvalue weighted by Gasteiger charge is 2.14. The number of hydrogen-bond acceptors (Lipinski definition) is 5. The Labute approximate surface area is 185 Å². The molecule has 0 aliphatic heterocycles. The molecule has 0 aliphatic carbocycles. The van der Waals surface area contributed by atoms with Crippen LogP contribution in [0, 0.1) is 13.8 Å². The van der Waals surface area contributed by atoms with Crippen LogP contribution in [-0.2, 0) is 16.0 Å². The number of benzene rings is 2. The van der Waals surface area contributed by atoms with E-state index in [4.69, 9.17) is 20.8 Å². The lowest BCUT2D eigenvalue weighted by Crippen LogP contribution is -2.19. The van der Waals surface area contributed by atoms with Crippen molar-refractivity contribution < 1.29 is 18.7 Å². The number of hydrazone groups is 1. The van der Waals surface area contributed by atoms with Gasteiger partial charge < -0.3 is 9.15 Å². The highest BCUT2D eigenvalue weighted by atomic mass is 35.5. The van der Waals surface area contributed by atoms with Gasteiger partial charge in [0.2, 0.25) is 5.91 Å². The molecule has 1 amide bonds. The van der Waals surface area contributed by atoms with Gasteiger partial charge in [0.25, 0.3) is 0 Å². The first-order valence-corrected chi connectivity index (χ1v) is 10.2. The second-order valence-corrected chi connectivity index (χ2v) is 7.41. The van der Waals surface area contributed by atoms with E-state index in [0.29, 0.717) is 22.1 Å². The smallest absolute Gasteiger partial charge is 0.339 e. The van der Waals surface area contributed by atoms with Gasteiger partial charge in [0.15, 0.2) is 0 Å². The number of halogens is 1. The zero-order chi connectivity index (χ0) is 22.4. The second kappa shape index (κ2) is 10.1. The molecule has 0 bridgehead atoms. The summed E-state index contributed by atoms with van der Waals surface area (Å²) in [4.78, 5) is 24.1. The van der Waals surface area contributed by atoms with E-state index < -0.39 is 5.97 Å². The van der Waals surface area contributed by atoms with Crippen molar-refractivity contribution in [2.45, 2.75) is 27.2 Å². The van der Waals surface area contributed by atoms with Crippen LogP contribution in [-0.4, -0.2) is 24.7 Å². The number of nitrogens with one attached hydrogen (secondary N) is 1. The first-order chi connectivity index (χ1) is 14.9. The summed E-state index contributed by atoms with van der Waals surface area (Å²) in [5, 5.41) is 4.26. The van der Waals surface area contributed by atoms with Crippen LogP contribution in [0.25, 0.3) is 11.3 Å². The van der Waals surface area contributed by atoms with Crippen molar-refractivity contribution in [3.8, 4) is 11.3 Å². The molecule has 0 fully saturated rings. The van der Waals surface area contributed by atoms with Crippen LogP contribution in [0.15, 0.2) is 58.0 Å². The van der Waals surface area contributed by atoms with Gasteiger partial charge in [-0.2, -0.15) is 5.10 Å². The van der Waals surface area contributed by atoms with Gasteiger partial charge >= 0.3 is 5.97 Å². The molecule has 0 atom stereocenters. The number of carbonyl (C=O) groups is 2. The van der Waals surface area contributed by atoms with Crippen molar-refractivity contribution in [2.75, 3.05) is 6.61 Å². The zero-order valence-electron chi connectivity index (χ0n) is 17.6. The van der Waals surface area contributed by atoms with Crippen LogP contribution in [0.1, 0.15) is 39.7 Å². The fourth-order valence-electron chi connectivity index (χ4n) is 2.93. The van der Waals surface area contributed by atoms with E-state index in [9.17, 15) is 9.59 Å². The van der Waals surface area contributed by atoms with Crippen molar-refractivity contribution in [1.82, 2.24) is 5.43 Å². The molecule has 1 heterocycles. The first-order valence-electron chi connectivity index (χ1n) is 9.82. The number of amides is 1. The molecule has 2 aromatic carbocycles. The van der Waals surface area contributed by atoms with Crippen LogP contribution in [0.2, 0.25) is 5.02 Å². The van der Waals surface area contributed by atoms with E-state index in [1.807, 2.05) is 32.0 Å². The van der Waals surface area contributed by atoms with Crippen molar-refractivity contribution in [3.63, 3.8) is 0 Å². The highest BCUT2D eigenvalue weighted by molar-refractivity contribution is 6.33. The Bertz CT molecular complexity index is 1130. The molecule has 0 radical (unpaired) electrons. The van der Waals surface area contributed by atoms with Gasteiger partial charge in [0, 0.05) is 5.56 Å². The maximum Gasteiger partial charge on any atom is 0.339 e. The average molecular weight is 439 g/mol. The standard InChI is InChI=1S/C24H23ClN2O4/c1-4-30-24(29)20-13-18(7-9-21(20)25)22-10-8-19(31-22)14-26-27-23(28)12-17-6-5-15(2)16(3)11-17/h5-11,13-14H,4,12H2,1-3H3,(H,27,28)/b26-14+. The van der Waals surface area contributed by atoms with Crippen LogP contribution in [0.4, 0.5) is 0 Å². The third kappa shape index (κ3) is 5.83. The van der Waals surface area contributed by atoms with E-state index in [1.165, 1.54) is 11.8 Å². The topological polar surface area (TPSA) is 80.9 Å². The number of furan rings is 1. The number of aryl methyl sites for hydroxylation is 2. The lowest BCUT2D eigenvalue weighted by atomic mass is 10.0. The van der Waals surface area contributed by atoms with Gasteiger partial charge in [-0.25, -0.2) is 10.2 Å².